The number of halogens is 2. The summed E-state index contributed by atoms with van der Waals surface area (Å²) < 4.78 is 0. The molecule has 0 amide bonds. The van der Waals surface area contributed by atoms with Crippen LogP contribution >= 0.6 is 23.2 Å². The fourth-order valence-electron chi connectivity index (χ4n) is 3.11. The second-order valence-electron chi connectivity index (χ2n) is 5.31. The second-order valence-corrected chi connectivity index (χ2v) is 6.12. The molecule has 0 saturated heterocycles. The van der Waals surface area contributed by atoms with Crippen LogP contribution in [0.2, 0.25) is 10.0 Å². The zero-order valence-electron chi connectivity index (χ0n) is 11.4. The van der Waals surface area contributed by atoms with Crippen LogP contribution in [-0.2, 0) is 6.54 Å². The highest BCUT2D eigenvalue weighted by atomic mass is 35.5. The first-order chi connectivity index (χ1) is 9.15. The van der Waals surface area contributed by atoms with Gasteiger partial charge >= 0.3 is 0 Å². The fourth-order valence-corrected chi connectivity index (χ4v) is 3.43. The van der Waals surface area contributed by atoms with E-state index in [0.717, 1.165) is 19.6 Å². The minimum atomic E-state index is 0.615. The number of nitrogens with two attached hydrogens (primary N) is 1. The summed E-state index contributed by atoms with van der Waals surface area (Å²) in [6.45, 7) is 4.97. The van der Waals surface area contributed by atoms with Gasteiger partial charge in [0, 0.05) is 12.6 Å². The molecule has 1 aliphatic rings. The van der Waals surface area contributed by atoms with E-state index in [9.17, 15) is 0 Å². The topological polar surface area (TPSA) is 29.3 Å². The van der Waals surface area contributed by atoms with Gasteiger partial charge in [-0.3, -0.25) is 4.90 Å². The van der Waals surface area contributed by atoms with Gasteiger partial charge in [-0.2, -0.15) is 0 Å². The molecule has 1 aromatic rings. The molecule has 2 nitrogen and oxygen atoms in total. The molecule has 0 radical (unpaired) electrons. The lowest BCUT2D eigenvalue weighted by Gasteiger charge is -2.31. The zero-order chi connectivity index (χ0) is 13.8. The van der Waals surface area contributed by atoms with Gasteiger partial charge in [0.25, 0.3) is 0 Å². The zero-order valence-corrected chi connectivity index (χ0v) is 12.9. The molecule has 2 atom stereocenters. The Labute approximate surface area is 125 Å². The molecule has 4 heteroatoms. The first-order valence-electron chi connectivity index (χ1n) is 7.03. The molecule has 1 saturated carbocycles. The van der Waals surface area contributed by atoms with Crippen molar-refractivity contribution in [1.29, 1.82) is 0 Å². The molecule has 1 aromatic carbocycles. The predicted octanol–water partition coefficient (Wildman–Crippen LogP) is 3.94. The first-order valence-corrected chi connectivity index (χ1v) is 7.79. The van der Waals surface area contributed by atoms with Gasteiger partial charge < -0.3 is 5.73 Å². The summed E-state index contributed by atoms with van der Waals surface area (Å²) >= 11 is 12.0. The van der Waals surface area contributed by atoms with Crippen molar-refractivity contribution in [3.8, 4) is 0 Å². The van der Waals surface area contributed by atoms with Crippen molar-refractivity contribution in [2.24, 2.45) is 11.7 Å². The highest BCUT2D eigenvalue weighted by molar-refractivity contribution is 6.42. The van der Waals surface area contributed by atoms with Crippen LogP contribution in [0.5, 0.6) is 0 Å². The third-order valence-electron chi connectivity index (χ3n) is 4.17. The van der Waals surface area contributed by atoms with Gasteiger partial charge in [-0.25, -0.2) is 0 Å². The standard InChI is InChI=1S/C15H22Cl2N2/c1-2-19(15-5-3-4-12(15)9-18)10-11-6-7-13(16)14(17)8-11/h6-8,12,15H,2-5,9-10,18H2,1H3. The van der Waals surface area contributed by atoms with Crippen molar-refractivity contribution in [3.05, 3.63) is 33.8 Å². The van der Waals surface area contributed by atoms with Crippen LogP contribution in [0.15, 0.2) is 18.2 Å². The Morgan fingerprint density at radius 3 is 2.68 bits per heavy atom. The lowest BCUT2D eigenvalue weighted by molar-refractivity contribution is 0.162. The van der Waals surface area contributed by atoms with Crippen molar-refractivity contribution < 1.29 is 0 Å². The predicted molar refractivity (Wildman–Crippen MR) is 82.7 cm³/mol. The van der Waals surface area contributed by atoms with Gasteiger partial charge in [0.1, 0.15) is 0 Å². The second kappa shape index (κ2) is 6.94. The summed E-state index contributed by atoms with van der Waals surface area (Å²) in [4.78, 5) is 2.52. The minimum Gasteiger partial charge on any atom is -0.330 e. The SMILES string of the molecule is CCN(Cc1ccc(Cl)c(Cl)c1)C1CCCC1CN. The highest BCUT2D eigenvalue weighted by Gasteiger charge is 2.30. The maximum atomic E-state index is 6.09. The molecule has 19 heavy (non-hydrogen) atoms. The van der Waals surface area contributed by atoms with E-state index >= 15 is 0 Å². The van der Waals surface area contributed by atoms with E-state index in [1.54, 1.807) is 0 Å². The number of hydrogen-bond donors (Lipinski definition) is 1. The normalized spacial score (nSPS) is 23.2. The van der Waals surface area contributed by atoms with E-state index in [1.807, 2.05) is 12.1 Å². The third kappa shape index (κ3) is 3.63. The van der Waals surface area contributed by atoms with Crippen LogP contribution in [0.25, 0.3) is 0 Å². The van der Waals surface area contributed by atoms with Crippen LogP contribution in [0.4, 0.5) is 0 Å². The summed E-state index contributed by atoms with van der Waals surface area (Å²) in [6.07, 6.45) is 3.82. The molecule has 2 N–H and O–H groups in total. The summed E-state index contributed by atoms with van der Waals surface area (Å²) in [7, 11) is 0. The van der Waals surface area contributed by atoms with Gasteiger partial charge in [0.05, 0.1) is 10.0 Å². The number of rotatable bonds is 5. The monoisotopic (exact) mass is 300 g/mol. The van der Waals surface area contributed by atoms with E-state index in [4.69, 9.17) is 28.9 Å². The quantitative estimate of drug-likeness (QED) is 0.892. The van der Waals surface area contributed by atoms with Crippen LogP contribution in [0, 0.1) is 5.92 Å². The van der Waals surface area contributed by atoms with Gasteiger partial charge in [-0.1, -0.05) is 42.6 Å². The average molecular weight is 301 g/mol. The summed E-state index contributed by atoms with van der Waals surface area (Å²) in [5, 5.41) is 1.26. The molecule has 0 spiro atoms. The van der Waals surface area contributed by atoms with Crippen LogP contribution < -0.4 is 5.73 Å². The van der Waals surface area contributed by atoms with Gasteiger partial charge in [-0.15, -0.1) is 0 Å². The number of benzene rings is 1. The van der Waals surface area contributed by atoms with Crippen molar-refractivity contribution in [3.63, 3.8) is 0 Å². The molecular formula is C15H22Cl2N2. The summed E-state index contributed by atoms with van der Waals surface area (Å²) in [5.74, 6) is 0.641. The average Bonchev–Trinajstić information content (AvgIpc) is 2.88. The Bertz CT molecular complexity index is 423. The van der Waals surface area contributed by atoms with Crippen molar-refractivity contribution in [2.45, 2.75) is 38.8 Å². The van der Waals surface area contributed by atoms with Crippen molar-refractivity contribution >= 4 is 23.2 Å². The fraction of sp³-hybridized carbons (Fsp3) is 0.600. The Kier molecular flexibility index (Phi) is 5.52. The first kappa shape index (κ1) is 15.1. The van der Waals surface area contributed by atoms with E-state index in [1.165, 1.54) is 24.8 Å². The molecule has 0 aliphatic heterocycles. The lowest BCUT2D eigenvalue weighted by Crippen LogP contribution is -2.39. The van der Waals surface area contributed by atoms with Gasteiger partial charge in [-0.05, 0) is 49.5 Å². The molecule has 0 heterocycles. The third-order valence-corrected chi connectivity index (χ3v) is 4.91. The molecule has 0 bridgehead atoms. The molecule has 0 aromatic heterocycles. The molecule has 2 unspecified atom stereocenters. The van der Waals surface area contributed by atoms with Crippen LogP contribution in [0.1, 0.15) is 31.7 Å². The van der Waals surface area contributed by atoms with Crippen molar-refractivity contribution in [2.75, 3.05) is 13.1 Å². The maximum absolute atomic E-state index is 6.09. The largest absolute Gasteiger partial charge is 0.330 e. The number of hydrogen-bond acceptors (Lipinski definition) is 2. The molecule has 2 rings (SSSR count). The van der Waals surface area contributed by atoms with Crippen molar-refractivity contribution in [1.82, 2.24) is 4.90 Å². The minimum absolute atomic E-state index is 0.615. The lowest BCUT2D eigenvalue weighted by atomic mass is 10.0. The Morgan fingerprint density at radius 1 is 1.26 bits per heavy atom. The molecule has 1 aliphatic carbocycles. The Morgan fingerprint density at radius 2 is 2.05 bits per heavy atom. The van der Waals surface area contributed by atoms with Crippen LogP contribution in [-0.4, -0.2) is 24.0 Å². The van der Waals surface area contributed by atoms with E-state index in [0.29, 0.717) is 22.0 Å². The highest BCUT2D eigenvalue weighted by Crippen LogP contribution is 2.31. The molecular weight excluding hydrogens is 279 g/mol. The van der Waals surface area contributed by atoms with E-state index in [2.05, 4.69) is 17.9 Å². The Balaban J connectivity index is 2.08. The maximum Gasteiger partial charge on any atom is 0.0595 e. The summed E-state index contributed by atoms with van der Waals surface area (Å²) in [6, 6.07) is 6.52. The van der Waals surface area contributed by atoms with Crippen LogP contribution in [0.3, 0.4) is 0 Å². The van der Waals surface area contributed by atoms with Gasteiger partial charge in [0.2, 0.25) is 0 Å². The number of nitrogens with zero attached hydrogens (tertiary/aromatic N) is 1. The molecule has 106 valence electrons. The van der Waals surface area contributed by atoms with E-state index < -0.39 is 0 Å². The summed E-state index contributed by atoms with van der Waals surface area (Å²) in [5.41, 5.74) is 7.11. The smallest absolute Gasteiger partial charge is 0.0595 e. The van der Waals surface area contributed by atoms with Gasteiger partial charge in [0.15, 0.2) is 0 Å². The van der Waals surface area contributed by atoms with E-state index in [-0.39, 0.29) is 0 Å². The molecule has 1 fully saturated rings. The Hall–Kier alpha value is -0.280.